The molecule has 2 atom stereocenters. The quantitative estimate of drug-likeness (QED) is 0.553. The molecule has 0 spiro atoms. The lowest BCUT2D eigenvalue weighted by molar-refractivity contribution is -0.160. The molecule has 2 fully saturated rings. The Morgan fingerprint density at radius 2 is 1.76 bits per heavy atom. The van der Waals surface area contributed by atoms with Gasteiger partial charge in [0.25, 0.3) is 5.91 Å². The molecule has 2 aromatic rings. The number of carbonyl (C=O) groups is 2. The fourth-order valence-corrected chi connectivity index (χ4v) is 5.56. The average Bonchev–Trinajstić information content (AvgIpc) is 2.91. The van der Waals surface area contributed by atoms with Crippen molar-refractivity contribution in [3.8, 4) is 23.0 Å². The third kappa shape index (κ3) is 5.33. The summed E-state index contributed by atoms with van der Waals surface area (Å²) in [6.07, 6.45) is 4.80. The van der Waals surface area contributed by atoms with Gasteiger partial charge in [-0.25, -0.2) is 0 Å². The Bertz CT molecular complexity index is 1130. The zero-order chi connectivity index (χ0) is 25.9. The van der Waals surface area contributed by atoms with Gasteiger partial charge >= 0.3 is 0 Å². The Labute approximate surface area is 218 Å². The molecule has 5 rings (SSSR count). The molecule has 198 valence electrons. The van der Waals surface area contributed by atoms with E-state index in [1.165, 1.54) is 6.42 Å². The van der Waals surface area contributed by atoms with Gasteiger partial charge in [-0.05, 0) is 56.5 Å². The number of benzene rings is 2. The zero-order valence-corrected chi connectivity index (χ0v) is 21.9. The van der Waals surface area contributed by atoms with Crippen molar-refractivity contribution in [2.75, 3.05) is 26.8 Å². The summed E-state index contributed by atoms with van der Waals surface area (Å²) in [4.78, 5) is 31.2. The molecule has 0 aromatic heterocycles. The predicted molar refractivity (Wildman–Crippen MR) is 138 cm³/mol. The molecule has 8 nitrogen and oxygen atoms in total. The highest BCUT2D eigenvalue weighted by atomic mass is 16.6. The molecule has 2 amide bonds. The van der Waals surface area contributed by atoms with Crippen molar-refractivity contribution < 1.29 is 28.5 Å². The predicted octanol–water partition coefficient (Wildman–Crippen LogP) is 4.37. The molecule has 3 aliphatic rings. The molecular weight excluding hydrogens is 472 g/mol. The first-order chi connectivity index (χ1) is 17.9. The van der Waals surface area contributed by atoms with E-state index in [2.05, 4.69) is 0 Å². The second-order valence-corrected chi connectivity index (χ2v) is 10.3. The number of fused-ring (bicyclic) bond motifs is 1. The Kier molecular flexibility index (Phi) is 7.44. The molecule has 0 bridgehead atoms. The molecule has 8 heteroatoms. The molecule has 2 aromatic carbocycles. The lowest BCUT2D eigenvalue weighted by atomic mass is 9.91. The van der Waals surface area contributed by atoms with E-state index in [-0.39, 0.29) is 43.2 Å². The summed E-state index contributed by atoms with van der Waals surface area (Å²) in [5, 5.41) is 0. The highest BCUT2D eigenvalue weighted by molar-refractivity contribution is 5.96. The van der Waals surface area contributed by atoms with Crippen molar-refractivity contribution in [2.45, 2.75) is 70.2 Å². The maximum atomic E-state index is 14.1. The van der Waals surface area contributed by atoms with Gasteiger partial charge in [0.2, 0.25) is 5.91 Å². The maximum Gasteiger partial charge on any atom is 0.250 e. The number of carbonyl (C=O) groups excluding carboxylic acids is 2. The molecule has 0 radical (unpaired) electrons. The number of rotatable bonds is 7. The van der Waals surface area contributed by atoms with Gasteiger partial charge in [-0.1, -0.05) is 37.5 Å². The van der Waals surface area contributed by atoms with Crippen molar-refractivity contribution >= 4 is 11.8 Å². The number of methoxy groups -OCH3 is 1. The molecule has 1 saturated carbocycles. The largest absolute Gasteiger partial charge is 0.493 e. The maximum absolute atomic E-state index is 14.1. The summed E-state index contributed by atoms with van der Waals surface area (Å²) in [5.74, 6) is 2.33. The Hall–Kier alpha value is -3.42. The van der Waals surface area contributed by atoms with Crippen LogP contribution in [0.2, 0.25) is 0 Å². The third-order valence-electron chi connectivity index (χ3n) is 7.30. The van der Waals surface area contributed by atoms with Crippen molar-refractivity contribution in [2.24, 2.45) is 0 Å². The third-order valence-corrected chi connectivity index (χ3v) is 7.30. The smallest absolute Gasteiger partial charge is 0.250 e. The molecular formula is C29H36N2O6. The van der Waals surface area contributed by atoms with E-state index in [9.17, 15) is 9.59 Å². The fourth-order valence-electron chi connectivity index (χ4n) is 5.56. The molecule has 2 aliphatic heterocycles. The van der Waals surface area contributed by atoms with E-state index in [1.54, 1.807) is 16.9 Å². The number of amides is 2. The first-order valence-electron chi connectivity index (χ1n) is 13.3. The van der Waals surface area contributed by atoms with E-state index >= 15 is 0 Å². The van der Waals surface area contributed by atoms with Crippen LogP contribution in [0.25, 0.3) is 0 Å². The van der Waals surface area contributed by atoms with Gasteiger partial charge in [0.15, 0.2) is 29.1 Å². The van der Waals surface area contributed by atoms with E-state index < -0.39 is 6.04 Å². The van der Waals surface area contributed by atoms with Crippen LogP contribution in [0.1, 0.15) is 57.6 Å². The molecule has 0 unspecified atom stereocenters. The Balaban J connectivity index is 1.46. The normalized spacial score (nSPS) is 22.4. The summed E-state index contributed by atoms with van der Waals surface area (Å²) in [6.45, 7) is 4.54. The molecule has 2 heterocycles. The standard InChI is InChI=1S/C29H36N2O6/c1-19(2)36-25-14-13-20(15-26(25)34-3)28-29(33)30(21-9-5-4-6-10-21)17-27(32)31(28)16-22-18-35-23-11-7-8-12-24(23)37-22/h7-8,11-15,19,21-22,28H,4-6,9-10,16-18H2,1-3H3/t22-,28+/m0/s1. The van der Waals surface area contributed by atoms with Gasteiger partial charge in [-0.15, -0.1) is 0 Å². The molecule has 0 N–H and O–H groups in total. The number of hydrogen-bond donors (Lipinski definition) is 0. The van der Waals surface area contributed by atoms with Crippen LogP contribution >= 0.6 is 0 Å². The summed E-state index contributed by atoms with van der Waals surface area (Å²) >= 11 is 0. The van der Waals surface area contributed by atoms with Crippen molar-refractivity contribution in [1.29, 1.82) is 0 Å². The minimum absolute atomic E-state index is 0.0257. The van der Waals surface area contributed by atoms with Crippen LogP contribution < -0.4 is 18.9 Å². The van der Waals surface area contributed by atoms with Gasteiger partial charge in [-0.2, -0.15) is 0 Å². The zero-order valence-electron chi connectivity index (χ0n) is 21.9. The van der Waals surface area contributed by atoms with E-state index in [1.807, 2.05) is 56.3 Å². The lowest BCUT2D eigenvalue weighted by Crippen LogP contribution is -2.60. The molecule has 1 saturated heterocycles. The van der Waals surface area contributed by atoms with Crippen LogP contribution in [0.5, 0.6) is 23.0 Å². The second-order valence-electron chi connectivity index (χ2n) is 10.3. The van der Waals surface area contributed by atoms with Gasteiger partial charge in [0.1, 0.15) is 19.2 Å². The number of para-hydroxylation sites is 2. The van der Waals surface area contributed by atoms with Crippen molar-refractivity contribution in [3.63, 3.8) is 0 Å². The summed E-state index contributed by atoms with van der Waals surface area (Å²) in [5.41, 5.74) is 0.698. The minimum Gasteiger partial charge on any atom is -0.493 e. The number of piperazine rings is 1. The highest BCUT2D eigenvalue weighted by Gasteiger charge is 2.44. The van der Waals surface area contributed by atoms with Crippen LogP contribution in [0, 0.1) is 0 Å². The fraction of sp³-hybridized carbons (Fsp3) is 0.517. The Morgan fingerprint density at radius 1 is 1.00 bits per heavy atom. The number of nitrogens with zero attached hydrogens (tertiary/aromatic N) is 2. The monoisotopic (exact) mass is 508 g/mol. The van der Waals surface area contributed by atoms with E-state index in [4.69, 9.17) is 18.9 Å². The highest BCUT2D eigenvalue weighted by Crippen LogP contribution is 2.38. The Morgan fingerprint density at radius 3 is 2.49 bits per heavy atom. The number of ether oxygens (including phenoxy) is 4. The lowest BCUT2D eigenvalue weighted by Gasteiger charge is -2.45. The first kappa shape index (κ1) is 25.2. The van der Waals surface area contributed by atoms with Gasteiger partial charge in [-0.3, -0.25) is 9.59 Å². The first-order valence-corrected chi connectivity index (χ1v) is 13.3. The summed E-state index contributed by atoms with van der Waals surface area (Å²) in [7, 11) is 1.58. The van der Waals surface area contributed by atoms with Crippen LogP contribution in [-0.2, 0) is 9.59 Å². The van der Waals surface area contributed by atoms with Crippen LogP contribution in [0.3, 0.4) is 0 Å². The van der Waals surface area contributed by atoms with Gasteiger partial charge < -0.3 is 28.7 Å². The van der Waals surface area contributed by atoms with Gasteiger partial charge in [0, 0.05) is 6.04 Å². The number of hydrogen-bond acceptors (Lipinski definition) is 6. The van der Waals surface area contributed by atoms with E-state index in [0.29, 0.717) is 35.2 Å². The second kappa shape index (κ2) is 10.9. The molecule has 37 heavy (non-hydrogen) atoms. The summed E-state index contributed by atoms with van der Waals surface area (Å²) < 4.78 is 23.6. The van der Waals surface area contributed by atoms with E-state index in [0.717, 1.165) is 25.7 Å². The van der Waals surface area contributed by atoms with Crippen molar-refractivity contribution in [1.82, 2.24) is 9.80 Å². The topological polar surface area (TPSA) is 77.5 Å². The van der Waals surface area contributed by atoms with Crippen LogP contribution in [0.4, 0.5) is 0 Å². The molecule has 1 aliphatic carbocycles. The minimum atomic E-state index is -0.772. The average molecular weight is 509 g/mol. The SMILES string of the molecule is COc1cc([C@@H]2C(=O)N(C3CCCCC3)CC(=O)N2C[C@H]2COc3ccccc3O2)ccc1OC(C)C. The van der Waals surface area contributed by atoms with Crippen molar-refractivity contribution in [3.05, 3.63) is 48.0 Å². The van der Waals surface area contributed by atoms with Gasteiger partial charge in [0.05, 0.1) is 19.8 Å². The summed E-state index contributed by atoms with van der Waals surface area (Å²) in [6, 6.07) is 12.3. The van der Waals surface area contributed by atoms with Crippen LogP contribution in [0.15, 0.2) is 42.5 Å². The van der Waals surface area contributed by atoms with Crippen LogP contribution in [-0.4, -0.2) is 66.7 Å².